The third-order valence-corrected chi connectivity index (χ3v) is 4.25. The number of carbonyl (C=O) groups excluding carboxylic acids is 1. The van der Waals surface area contributed by atoms with Gasteiger partial charge in [0.15, 0.2) is 5.17 Å². The molecule has 1 aromatic heterocycles. The third kappa shape index (κ3) is 2.92. The van der Waals surface area contributed by atoms with E-state index in [-0.39, 0.29) is 11.7 Å². The van der Waals surface area contributed by atoms with E-state index in [0.717, 1.165) is 4.88 Å². The zero-order valence-corrected chi connectivity index (χ0v) is 11.9. The Morgan fingerprint density at radius 3 is 2.90 bits per heavy atom. The molecular weight excluding hydrogens is 292 g/mol. The van der Waals surface area contributed by atoms with Gasteiger partial charge in [-0.25, -0.2) is 0 Å². The third-order valence-electron chi connectivity index (χ3n) is 2.53. The van der Waals surface area contributed by atoms with Crippen LogP contribution in [0.3, 0.4) is 0 Å². The highest BCUT2D eigenvalue weighted by Gasteiger charge is 2.22. The molecule has 2 aromatic rings. The average Bonchev–Trinajstić information content (AvgIpc) is 3.01. The summed E-state index contributed by atoms with van der Waals surface area (Å²) in [5.41, 5.74) is 0.696. The summed E-state index contributed by atoms with van der Waals surface area (Å²) in [5, 5.41) is 14.9. The zero-order valence-electron chi connectivity index (χ0n) is 10.2. The molecule has 0 radical (unpaired) electrons. The first-order valence-electron chi connectivity index (χ1n) is 5.83. The van der Waals surface area contributed by atoms with Gasteiger partial charge >= 0.3 is 0 Å². The van der Waals surface area contributed by atoms with Crippen molar-refractivity contribution < 1.29 is 9.90 Å². The standard InChI is InChI=1S/C14H10N2O2S2/c17-10-4-1-3-9(7-10)15-14-16-13(18)12(20-14)8-11-5-2-6-19-11/h1-8,17H,(H,15,16,18)/b12-8-. The van der Waals surface area contributed by atoms with Crippen molar-refractivity contribution in [1.29, 1.82) is 0 Å². The quantitative estimate of drug-likeness (QED) is 0.833. The van der Waals surface area contributed by atoms with Gasteiger partial charge in [0, 0.05) is 16.6 Å². The van der Waals surface area contributed by atoms with E-state index in [2.05, 4.69) is 10.3 Å². The van der Waals surface area contributed by atoms with Gasteiger partial charge in [-0.1, -0.05) is 12.1 Å². The van der Waals surface area contributed by atoms with Crippen molar-refractivity contribution in [2.45, 2.75) is 0 Å². The Morgan fingerprint density at radius 2 is 2.15 bits per heavy atom. The molecule has 0 unspecified atom stereocenters. The van der Waals surface area contributed by atoms with Crippen molar-refractivity contribution >= 4 is 45.9 Å². The summed E-state index contributed by atoms with van der Waals surface area (Å²) in [5.74, 6) is -0.0784. The Balaban J connectivity index is 1.74. The predicted octanol–water partition coefficient (Wildman–Crippen LogP) is 3.54. The van der Waals surface area contributed by atoms with Crippen molar-refractivity contribution in [2.24, 2.45) is 4.99 Å². The van der Waals surface area contributed by atoms with Crippen LogP contribution in [0.15, 0.2) is 51.7 Å². The van der Waals surface area contributed by atoms with Crippen LogP contribution in [0.25, 0.3) is 6.08 Å². The van der Waals surface area contributed by atoms with E-state index in [0.29, 0.717) is 15.8 Å². The van der Waals surface area contributed by atoms with E-state index >= 15 is 0 Å². The van der Waals surface area contributed by atoms with Gasteiger partial charge in [-0.3, -0.25) is 4.79 Å². The van der Waals surface area contributed by atoms with Gasteiger partial charge in [-0.2, -0.15) is 4.99 Å². The minimum atomic E-state index is -0.244. The lowest BCUT2D eigenvalue weighted by Crippen LogP contribution is -2.04. The van der Waals surface area contributed by atoms with E-state index in [9.17, 15) is 9.90 Å². The van der Waals surface area contributed by atoms with Gasteiger partial charge in [-0.15, -0.1) is 11.3 Å². The fraction of sp³-hybridized carbons (Fsp3) is 0. The van der Waals surface area contributed by atoms with Gasteiger partial charge in [-0.05, 0) is 41.4 Å². The van der Waals surface area contributed by atoms with Crippen molar-refractivity contribution in [1.82, 2.24) is 0 Å². The van der Waals surface area contributed by atoms with Gasteiger partial charge < -0.3 is 10.4 Å². The second kappa shape index (κ2) is 5.52. The smallest absolute Gasteiger partial charge is 0.286 e. The number of hydrogen-bond donors (Lipinski definition) is 2. The molecule has 0 fully saturated rings. The lowest BCUT2D eigenvalue weighted by atomic mass is 10.3. The van der Waals surface area contributed by atoms with Crippen molar-refractivity contribution in [3.05, 3.63) is 51.6 Å². The summed E-state index contributed by atoms with van der Waals surface area (Å²) in [6.07, 6.45) is 1.83. The number of aliphatic imine (C=N–C) groups is 1. The molecule has 0 saturated heterocycles. The largest absolute Gasteiger partial charge is 0.508 e. The SMILES string of the molecule is O=C1N=C(Nc2cccc(O)c2)S/C1=C\c1cccs1. The van der Waals surface area contributed by atoms with Gasteiger partial charge in [0.05, 0.1) is 4.91 Å². The Morgan fingerprint density at radius 1 is 1.25 bits per heavy atom. The number of thiophene rings is 1. The first kappa shape index (κ1) is 13.0. The molecule has 1 amide bonds. The molecule has 0 aliphatic carbocycles. The van der Waals surface area contributed by atoms with Crippen LogP contribution in [-0.2, 0) is 4.79 Å². The van der Waals surface area contributed by atoms with E-state index in [1.54, 1.807) is 35.6 Å². The molecule has 0 saturated carbocycles. The van der Waals surface area contributed by atoms with Crippen LogP contribution in [0.4, 0.5) is 5.69 Å². The molecule has 0 atom stereocenters. The minimum absolute atomic E-state index is 0.166. The van der Waals surface area contributed by atoms with Crippen LogP contribution < -0.4 is 5.32 Å². The molecule has 20 heavy (non-hydrogen) atoms. The number of aromatic hydroxyl groups is 1. The number of hydrogen-bond acceptors (Lipinski definition) is 5. The fourth-order valence-corrected chi connectivity index (χ4v) is 3.23. The summed E-state index contributed by atoms with van der Waals surface area (Å²) in [7, 11) is 0. The second-order valence-corrected chi connectivity index (χ2v) is 6.03. The van der Waals surface area contributed by atoms with E-state index in [1.165, 1.54) is 11.8 Å². The Kier molecular flexibility index (Phi) is 3.58. The maximum absolute atomic E-state index is 11.8. The molecular formula is C14H10N2O2S2. The number of rotatable bonds is 2. The van der Waals surface area contributed by atoms with Crippen LogP contribution in [-0.4, -0.2) is 16.2 Å². The number of nitrogens with one attached hydrogen (secondary N) is 1. The van der Waals surface area contributed by atoms with Crippen LogP contribution in [0.5, 0.6) is 5.75 Å². The summed E-state index contributed by atoms with van der Waals surface area (Å²) in [4.78, 5) is 17.4. The van der Waals surface area contributed by atoms with Crippen LogP contribution in [0.1, 0.15) is 4.88 Å². The topological polar surface area (TPSA) is 61.7 Å². The Labute approximate surface area is 123 Å². The molecule has 3 rings (SSSR count). The normalized spacial score (nSPS) is 16.5. The number of phenols is 1. The number of nitrogens with zero attached hydrogens (tertiary/aromatic N) is 1. The number of thioether (sulfide) groups is 1. The number of amides is 1. The lowest BCUT2D eigenvalue weighted by Gasteiger charge is -2.04. The van der Waals surface area contributed by atoms with Crippen LogP contribution in [0.2, 0.25) is 0 Å². The summed E-state index contributed by atoms with van der Waals surface area (Å²) >= 11 is 2.87. The van der Waals surface area contributed by atoms with Crippen molar-refractivity contribution in [3.63, 3.8) is 0 Å². The van der Waals surface area contributed by atoms with Gasteiger partial charge in [0.2, 0.25) is 0 Å². The average molecular weight is 302 g/mol. The molecule has 6 heteroatoms. The number of phenolic OH excluding ortho intramolecular Hbond substituents is 1. The molecule has 2 heterocycles. The maximum atomic E-state index is 11.8. The highest BCUT2D eigenvalue weighted by atomic mass is 32.2. The predicted molar refractivity (Wildman–Crippen MR) is 84.1 cm³/mol. The molecule has 2 N–H and O–H groups in total. The van der Waals surface area contributed by atoms with Crippen molar-refractivity contribution in [2.75, 3.05) is 5.32 Å². The Bertz CT molecular complexity index is 706. The molecule has 1 aromatic carbocycles. The van der Waals surface area contributed by atoms with Crippen molar-refractivity contribution in [3.8, 4) is 5.75 Å². The monoisotopic (exact) mass is 302 g/mol. The minimum Gasteiger partial charge on any atom is -0.508 e. The number of amidine groups is 1. The van der Waals surface area contributed by atoms with E-state index in [1.807, 2.05) is 23.6 Å². The van der Waals surface area contributed by atoms with Gasteiger partial charge in [0.1, 0.15) is 5.75 Å². The summed E-state index contributed by atoms with van der Waals surface area (Å²) in [6, 6.07) is 10.6. The molecule has 100 valence electrons. The van der Waals surface area contributed by atoms with Gasteiger partial charge in [0.25, 0.3) is 5.91 Å². The number of anilines is 1. The first-order valence-corrected chi connectivity index (χ1v) is 7.52. The highest BCUT2D eigenvalue weighted by Crippen LogP contribution is 2.30. The summed E-state index contributed by atoms with van der Waals surface area (Å²) in [6.45, 7) is 0. The second-order valence-electron chi connectivity index (χ2n) is 4.02. The lowest BCUT2D eigenvalue weighted by molar-refractivity contribution is -0.113. The summed E-state index contributed by atoms with van der Waals surface area (Å²) < 4.78 is 0. The number of benzene rings is 1. The fourth-order valence-electron chi connectivity index (χ4n) is 1.67. The first-order chi connectivity index (χ1) is 9.70. The number of carbonyl (C=O) groups is 1. The van der Waals surface area contributed by atoms with Crippen LogP contribution >= 0.6 is 23.1 Å². The molecule has 0 spiro atoms. The van der Waals surface area contributed by atoms with E-state index < -0.39 is 0 Å². The molecule has 1 aliphatic rings. The Hall–Kier alpha value is -2.05. The highest BCUT2D eigenvalue weighted by molar-refractivity contribution is 8.18. The van der Waals surface area contributed by atoms with Crippen LogP contribution in [0, 0.1) is 0 Å². The van der Waals surface area contributed by atoms with E-state index in [4.69, 9.17) is 0 Å². The molecule has 4 nitrogen and oxygen atoms in total. The molecule has 0 bridgehead atoms. The zero-order chi connectivity index (χ0) is 13.9. The maximum Gasteiger partial charge on any atom is 0.286 e. The molecule has 1 aliphatic heterocycles.